The molecule has 0 saturated heterocycles. The minimum atomic E-state index is -0.0810. The number of nitrogens with one attached hydrogen (secondary N) is 1. The molecule has 4 heteroatoms. The highest BCUT2D eigenvalue weighted by Crippen LogP contribution is 2.17. The van der Waals surface area contributed by atoms with Gasteiger partial charge in [-0.15, -0.1) is 0 Å². The SMILES string of the molecule is O=C(C1=NCCN1)N(Cc1ccccc1)c1ccccc1. The number of rotatable bonds is 4. The summed E-state index contributed by atoms with van der Waals surface area (Å²) in [7, 11) is 0. The van der Waals surface area contributed by atoms with Gasteiger partial charge in [-0.25, -0.2) is 0 Å². The van der Waals surface area contributed by atoms with Gasteiger partial charge in [0.05, 0.1) is 13.1 Å². The van der Waals surface area contributed by atoms with E-state index in [1.165, 1.54) is 0 Å². The van der Waals surface area contributed by atoms with E-state index in [9.17, 15) is 4.79 Å². The van der Waals surface area contributed by atoms with E-state index in [1.54, 1.807) is 4.90 Å². The van der Waals surface area contributed by atoms with Crippen molar-refractivity contribution in [3.63, 3.8) is 0 Å². The van der Waals surface area contributed by atoms with Gasteiger partial charge < -0.3 is 10.2 Å². The van der Waals surface area contributed by atoms with Crippen molar-refractivity contribution in [1.82, 2.24) is 5.32 Å². The maximum Gasteiger partial charge on any atom is 0.293 e. The van der Waals surface area contributed by atoms with Crippen LogP contribution in [0.1, 0.15) is 5.56 Å². The third kappa shape index (κ3) is 3.11. The Hall–Kier alpha value is -2.62. The summed E-state index contributed by atoms with van der Waals surface area (Å²) in [5, 5.41) is 3.05. The zero-order chi connectivity index (χ0) is 14.5. The monoisotopic (exact) mass is 279 g/mol. The first kappa shape index (κ1) is 13.4. The number of hydrogen-bond donors (Lipinski definition) is 1. The smallest absolute Gasteiger partial charge is 0.293 e. The number of anilines is 1. The second-order valence-electron chi connectivity index (χ2n) is 4.87. The summed E-state index contributed by atoms with van der Waals surface area (Å²) in [6.45, 7) is 1.93. The van der Waals surface area contributed by atoms with Gasteiger partial charge in [0.1, 0.15) is 0 Å². The van der Waals surface area contributed by atoms with E-state index >= 15 is 0 Å². The highest BCUT2D eigenvalue weighted by Gasteiger charge is 2.23. The Labute approximate surface area is 124 Å². The molecule has 1 aliphatic rings. The number of carbonyl (C=O) groups is 1. The largest absolute Gasteiger partial charge is 0.364 e. The lowest BCUT2D eigenvalue weighted by Crippen LogP contribution is -2.41. The lowest BCUT2D eigenvalue weighted by molar-refractivity contribution is -0.112. The summed E-state index contributed by atoms with van der Waals surface area (Å²) >= 11 is 0. The van der Waals surface area contributed by atoms with Crippen LogP contribution >= 0.6 is 0 Å². The van der Waals surface area contributed by atoms with Crippen molar-refractivity contribution in [2.75, 3.05) is 18.0 Å². The standard InChI is InChI=1S/C17H17N3O/c21-17(16-18-11-12-19-16)20(15-9-5-2-6-10-15)13-14-7-3-1-4-8-14/h1-10H,11-13H2,(H,18,19). The van der Waals surface area contributed by atoms with E-state index in [1.807, 2.05) is 60.7 Å². The molecule has 1 aliphatic heterocycles. The Morgan fingerprint density at radius 2 is 1.71 bits per heavy atom. The van der Waals surface area contributed by atoms with Crippen LogP contribution < -0.4 is 10.2 Å². The predicted molar refractivity (Wildman–Crippen MR) is 84.4 cm³/mol. The average molecular weight is 279 g/mol. The zero-order valence-corrected chi connectivity index (χ0v) is 11.7. The minimum absolute atomic E-state index is 0.0810. The van der Waals surface area contributed by atoms with Crippen LogP contribution in [-0.2, 0) is 11.3 Å². The summed E-state index contributed by atoms with van der Waals surface area (Å²) in [5.74, 6) is 0.373. The molecule has 0 aliphatic carbocycles. The van der Waals surface area contributed by atoms with Crippen molar-refractivity contribution in [1.29, 1.82) is 0 Å². The molecule has 21 heavy (non-hydrogen) atoms. The summed E-state index contributed by atoms with van der Waals surface area (Å²) in [5.41, 5.74) is 1.97. The molecule has 0 bridgehead atoms. The van der Waals surface area contributed by atoms with Gasteiger partial charge in [0.2, 0.25) is 0 Å². The fourth-order valence-electron chi connectivity index (χ4n) is 2.32. The number of hydrogen-bond acceptors (Lipinski definition) is 3. The Morgan fingerprint density at radius 3 is 2.33 bits per heavy atom. The maximum atomic E-state index is 12.7. The van der Waals surface area contributed by atoms with Gasteiger partial charge >= 0.3 is 0 Å². The number of carbonyl (C=O) groups excluding carboxylic acids is 1. The predicted octanol–water partition coefficient (Wildman–Crippen LogP) is 2.22. The van der Waals surface area contributed by atoms with Crippen molar-refractivity contribution in [3.8, 4) is 0 Å². The molecule has 0 aromatic heterocycles. The highest BCUT2D eigenvalue weighted by molar-refractivity contribution is 6.43. The molecule has 3 rings (SSSR count). The van der Waals surface area contributed by atoms with Crippen molar-refractivity contribution < 1.29 is 4.79 Å². The normalized spacial score (nSPS) is 13.4. The van der Waals surface area contributed by atoms with Crippen molar-refractivity contribution in [3.05, 3.63) is 66.2 Å². The number of aliphatic imine (C=N–C) groups is 1. The highest BCUT2D eigenvalue weighted by atomic mass is 16.2. The lowest BCUT2D eigenvalue weighted by atomic mass is 10.2. The fourth-order valence-corrected chi connectivity index (χ4v) is 2.32. The number of para-hydroxylation sites is 1. The number of nitrogens with zero attached hydrogens (tertiary/aromatic N) is 2. The maximum absolute atomic E-state index is 12.7. The first-order valence-electron chi connectivity index (χ1n) is 7.04. The quantitative estimate of drug-likeness (QED) is 0.932. The minimum Gasteiger partial charge on any atom is -0.364 e. The summed E-state index contributed by atoms with van der Waals surface area (Å²) in [6.07, 6.45) is 0. The molecule has 0 saturated carbocycles. The molecule has 1 heterocycles. The average Bonchev–Trinajstić information content (AvgIpc) is 3.08. The van der Waals surface area contributed by atoms with Gasteiger partial charge in [-0.2, -0.15) is 0 Å². The molecule has 2 aromatic carbocycles. The van der Waals surface area contributed by atoms with E-state index in [-0.39, 0.29) is 5.91 Å². The van der Waals surface area contributed by atoms with Crippen LogP contribution in [0.15, 0.2) is 65.7 Å². The van der Waals surface area contributed by atoms with Gasteiger partial charge in [-0.1, -0.05) is 48.5 Å². The first-order valence-corrected chi connectivity index (χ1v) is 7.04. The van der Waals surface area contributed by atoms with Crippen LogP contribution in [0.25, 0.3) is 0 Å². The first-order chi connectivity index (χ1) is 10.3. The number of benzene rings is 2. The molecule has 0 spiro atoms. The summed E-state index contributed by atoms with van der Waals surface area (Å²) < 4.78 is 0. The zero-order valence-electron chi connectivity index (χ0n) is 11.7. The second-order valence-corrected chi connectivity index (χ2v) is 4.87. The van der Waals surface area contributed by atoms with E-state index in [4.69, 9.17) is 0 Å². The Balaban J connectivity index is 1.89. The molecular weight excluding hydrogens is 262 g/mol. The number of amidine groups is 1. The summed E-state index contributed by atoms with van der Waals surface area (Å²) in [4.78, 5) is 18.7. The number of amides is 1. The van der Waals surface area contributed by atoms with Gasteiger partial charge in [-0.3, -0.25) is 9.79 Å². The molecular formula is C17H17N3O. The molecule has 2 aromatic rings. The fraction of sp³-hybridized carbons (Fsp3) is 0.176. The molecule has 106 valence electrons. The van der Waals surface area contributed by atoms with E-state index in [2.05, 4.69) is 10.3 Å². The van der Waals surface area contributed by atoms with Gasteiger partial charge in [-0.05, 0) is 17.7 Å². The van der Waals surface area contributed by atoms with E-state index in [0.717, 1.165) is 17.8 Å². The lowest BCUT2D eigenvalue weighted by Gasteiger charge is -2.23. The van der Waals surface area contributed by atoms with Crippen molar-refractivity contribution >= 4 is 17.4 Å². The van der Waals surface area contributed by atoms with Crippen molar-refractivity contribution in [2.24, 2.45) is 4.99 Å². The summed E-state index contributed by atoms with van der Waals surface area (Å²) in [6, 6.07) is 19.7. The Kier molecular flexibility index (Phi) is 3.96. The molecule has 1 amide bonds. The van der Waals surface area contributed by atoms with Crippen LogP contribution in [-0.4, -0.2) is 24.8 Å². The molecule has 0 atom stereocenters. The van der Waals surface area contributed by atoms with Crippen LogP contribution in [0.5, 0.6) is 0 Å². The van der Waals surface area contributed by atoms with Gasteiger partial charge in [0, 0.05) is 12.2 Å². The second kappa shape index (κ2) is 6.22. The third-order valence-electron chi connectivity index (χ3n) is 3.37. The Morgan fingerprint density at radius 1 is 1.05 bits per heavy atom. The van der Waals surface area contributed by atoms with Crippen LogP contribution in [0, 0.1) is 0 Å². The Bertz CT molecular complexity index is 638. The van der Waals surface area contributed by atoms with Crippen LogP contribution in [0.4, 0.5) is 5.69 Å². The molecule has 0 unspecified atom stereocenters. The third-order valence-corrected chi connectivity index (χ3v) is 3.37. The van der Waals surface area contributed by atoms with Gasteiger partial charge in [0.25, 0.3) is 5.91 Å². The van der Waals surface area contributed by atoms with Crippen LogP contribution in [0.3, 0.4) is 0 Å². The molecule has 4 nitrogen and oxygen atoms in total. The molecule has 1 N–H and O–H groups in total. The molecule has 0 radical (unpaired) electrons. The van der Waals surface area contributed by atoms with E-state index in [0.29, 0.717) is 18.9 Å². The topological polar surface area (TPSA) is 44.7 Å². The van der Waals surface area contributed by atoms with E-state index < -0.39 is 0 Å². The van der Waals surface area contributed by atoms with Gasteiger partial charge in [0.15, 0.2) is 5.84 Å². The van der Waals surface area contributed by atoms with Crippen molar-refractivity contribution in [2.45, 2.75) is 6.54 Å². The van der Waals surface area contributed by atoms with Crippen LogP contribution in [0.2, 0.25) is 0 Å². The molecule has 0 fully saturated rings.